The van der Waals surface area contributed by atoms with Crippen molar-refractivity contribution in [2.45, 2.75) is 51.5 Å². The maximum Gasteiger partial charge on any atom is 0.306 e. The molecule has 0 heterocycles. The maximum absolute atomic E-state index is 12.7. The van der Waals surface area contributed by atoms with E-state index in [-0.39, 0.29) is 24.3 Å². The molecule has 1 rings (SSSR count). The number of carbonyl (C=O) groups is 3. The topological polar surface area (TPSA) is 151 Å². The van der Waals surface area contributed by atoms with Crippen LogP contribution >= 0.6 is 0 Å². The minimum absolute atomic E-state index is 0.236. The van der Waals surface area contributed by atoms with Crippen LogP contribution in [0.15, 0.2) is 0 Å². The molecule has 4 atom stereocenters. The summed E-state index contributed by atoms with van der Waals surface area (Å²) in [6.07, 6.45) is 0.543. The minimum Gasteiger partial charge on any atom is -0.481 e. The monoisotopic (exact) mass is 343 g/mol. The zero-order valence-corrected chi connectivity index (χ0v) is 14.5. The lowest BCUT2D eigenvalue weighted by Crippen LogP contribution is -2.58. The van der Waals surface area contributed by atoms with Crippen LogP contribution in [0.1, 0.15) is 33.1 Å². The average Bonchev–Trinajstić information content (AvgIpc) is 2.87. The molecule has 2 amide bonds. The number of nitrogens with two attached hydrogens (primary N) is 2. The molecule has 138 valence electrons. The third-order valence-electron chi connectivity index (χ3n) is 4.36. The van der Waals surface area contributed by atoms with Gasteiger partial charge in [0, 0.05) is 32.5 Å². The van der Waals surface area contributed by atoms with E-state index in [1.54, 1.807) is 11.9 Å². The molecule has 0 aliphatic heterocycles. The van der Waals surface area contributed by atoms with Gasteiger partial charge in [-0.15, -0.1) is 0 Å². The zero-order valence-electron chi connectivity index (χ0n) is 14.5. The van der Waals surface area contributed by atoms with Crippen molar-refractivity contribution in [2.75, 3.05) is 13.6 Å². The maximum atomic E-state index is 12.7. The van der Waals surface area contributed by atoms with Crippen molar-refractivity contribution in [2.24, 2.45) is 23.3 Å². The van der Waals surface area contributed by atoms with E-state index in [0.717, 1.165) is 6.42 Å². The van der Waals surface area contributed by atoms with E-state index in [1.807, 2.05) is 6.92 Å². The predicted octanol–water partition coefficient (Wildman–Crippen LogP) is -1.37. The van der Waals surface area contributed by atoms with Crippen molar-refractivity contribution in [1.82, 2.24) is 15.5 Å². The summed E-state index contributed by atoms with van der Waals surface area (Å²) in [4.78, 5) is 37.2. The van der Waals surface area contributed by atoms with E-state index in [1.165, 1.54) is 6.92 Å². The Morgan fingerprint density at radius 1 is 1.29 bits per heavy atom. The molecule has 9 heteroatoms. The minimum atomic E-state index is -0.925. The zero-order chi connectivity index (χ0) is 18.4. The highest BCUT2D eigenvalue weighted by Gasteiger charge is 2.45. The number of hydrogen-bond donors (Lipinski definition) is 5. The van der Waals surface area contributed by atoms with Gasteiger partial charge in [0.15, 0.2) is 0 Å². The highest BCUT2D eigenvalue weighted by Crippen LogP contribution is 2.34. The highest BCUT2D eigenvalue weighted by molar-refractivity contribution is 5.87. The summed E-state index contributed by atoms with van der Waals surface area (Å²) in [6, 6.07) is -1.17. The second kappa shape index (κ2) is 8.95. The number of rotatable bonds is 8. The van der Waals surface area contributed by atoms with Crippen LogP contribution in [0, 0.1) is 11.8 Å². The largest absolute Gasteiger partial charge is 0.481 e. The Labute approximate surface area is 142 Å². The van der Waals surface area contributed by atoms with Gasteiger partial charge in [-0.1, -0.05) is 6.92 Å². The number of amides is 2. The summed E-state index contributed by atoms with van der Waals surface area (Å²) in [7, 11) is 1.67. The fourth-order valence-corrected chi connectivity index (χ4v) is 3.33. The molecule has 0 aromatic rings. The van der Waals surface area contributed by atoms with Crippen LogP contribution in [0.25, 0.3) is 0 Å². The molecular weight excluding hydrogens is 314 g/mol. The van der Waals surface area contributed by atoms with Crippen LogP contribution < -0.4 is 22.1 Å². The highest BCUT2D eigenvalue weighted by atomic mass is 16.4. The van der Waals surface area contributed by atoms with Crippen molar-refractivity contribution in [3.05, 3.63) is 0 Å². The molecule has 1 saturated carbocycles. The summed E-state index contributed by atoms with van der Waals surface area (Å²) >= 11 is 0. The summed E-state index contributed by atoms with van der Waals surface area (Å²) < 4.78 is 0. The molecule has 0 radical (unpaired) electrons. The first kappa shape index (κ1) is 20.3. The van der Waals surface area contributed by atoms with Gasteiger partial charge < -0.3 is 26.8 Å². The number of hydrogen-bond acceptors (Lipinski definition) is 6. The van der Waals surface area contributed by atoms with Crippen molar-refractivity contribution >= 4 is 17.8 Å². The molecule has 9 nitrogen and oxygen atoms in total. The van der Waals surface area contributed by atoms with Gasteiger partial charge in [-0.2, -0.15) is 0 Å². The number of carboxylic acid groups (broad SMARTS) is 1. The van der Waals surface area contributed by atoms with Gasteiger partial charge in [0.1, 0.15) is 12.3 Å². The molecule has 0 bridgehead atoms. The van der Waals surface area contributed by atoms with Gasteiger partial charge in [-0.25, -0.2) is 0 Å². The van der Waals surface area contributed by atoms with Gasteiger partial charge in [-0.05, 0) is 19.3 Å². The van der Waals surface area contributed by atoms with Crippen molar-refractivity contribution < 1.29 is 19.5 Å². The first-order valence-corrected chi connectivity index (χ1v) is 8.19. The van der Waals surface area contributed by atoms with E-state index in [9.17, 15) is 19.5 Å². The molecule has 0 saturated heterocycles. The lowest BCUT2D eigenvalue weighted by molar-refractivity contribution is -0.142. The second-order valence-corrected chi connectivity index (χ2v) is 6.41. The molecule has 1 aliphatic carbocycles. The van der Waals surface area contributed by atoms with Crippen LogP contribution in [0.4, 0.5) is 0 Å². The van der Waals surface area contributed by atoms with Crippen molar-refractivity contribution in [1.29, 1.82) is 0 Å². The molecular formula is C15H29N5O4. The number of carbonyl (C=O) groups excluding carboxylic acids is 2. The van der Waals surface area contributed by atoms with Crippen LogP contribution in [0.3, 0.4) is 0 Å². The molecule has 1 fully saturated rings. The molecule has 0 aromatic heterocycles. The Balaban J connectivity index is 3.04. The van der Waals surface area contributed by atoms with E-state index >= 15 is 0 Å². The first-order chi connectivity index (χ1) is 11.2. The van der Waals surface area contributed by atoms with E-state index < -0.39 is 30.1 Å². The molecule has 4 unspecified atom stereocenters. The summed E-state index contributed by atoms with van der Waals surface area (Å²) in [5.41, 5.74) is 11.2. The lowest BCUT2D eigenvalue weighted by Gasteiger charge is -2.32. The smallest absolute Gasteiger partial charge is 0.306 e. The van der Waals surface area contributed by atoms with Crippen LogP contribution in [-0.2, 0) is 14.4 Å². The SMILES string of the molecule is CCCN(C)C(=O)C(NC(C)=O)C1CC(C(=O)O)CC1NC(N)N. The number of nitrogens with zero attached hydrogens (tertiary/aromatic N) is 1. The first-order valence-electron chi connectivity index (χ1n) is 8.19. The summed E-state index contributed by atoms with van der Waals surface area (Å²) in [5, 5.41) is 14.9. The Morgan fingerprint density at radius 3 is 2.38 bits per heavy atom. The molecule has 24 heavy (non-hydrogen) atoms. The molecule has 7 N–H and O–H groups in total. The third-order valence-corrected chi connectivity index (χ3v) is 4.36. The van der Waals surface area contributed by atoms with Gasteiger partial charge >= 0.3 is 5.97 Å². The van der Waals surface area contributed by atoms with Crippen molar-refractivity contribution in [3.63, 3.8) is 0 Å². The number of carboxylic acids is 1. The standard InChI is InChI=1S/C15H29N5O4/c1-4-5-20(3)13(22)12(18-8(2)21)10-6-9(14(23)24)7-11(10)19-15(16)17/h9-12,15,19H,4-7,16-17H2,1-3H3,(H,18,21)(H,23,24). The number of likely N-dealkylation sites (N-methyl/N-ethyl adjacent to an activating group) is 1. The van der Waals surface area contributed by atoms with E-state index in [2.05, 4.69) is 10.6 Å². The van der Waals surface area contributed by atoms with Gasteiger partial charge in [0.05, 0.1) is 5.92 Å². The number of aliphatic carboxylic acids is 1. The quantitative estimate of drug-likeness (QED) is 0.341. The second-order valence-electron chi connectivity index (χ2n) is 6.41. The third kappa shape index (κ3) is 5.43. The van der Waals surface area contributed by atoms with Crippen molar-refractivity contribution in [3.8, 4) is 0 Å². The molecule has 0 aromatic carbocycles. The van der Waals surface area contributed by atoms with Crippen LogP contribution in [0.5, 0.6) is 0 Å². The van der Waals surface area contributed by atoms with Gasteiger partial charge in [0.25, 0.3) is 0 Å². The normalized spacial score (nSPS) is 24.7. The molecule has 0 spiro atoms. The van der Waals surface area contributed by atoms with Crippen LogP contribution in [-0.4, -0.2) is 59.8 Å². The van der Waals surface area contributed by atoms with E-state index in [4.69, 9.17) is 11.5 Å². The van der Waals surface area contributed by atoms with Gasteiger partial charge in [-0.3, -0.25) is 19.7 Å². The Kier molecular flexibility index (Phi) is 7.59. The Hall–Kier alpha value is -1.71. The molecule has 1 aliphatic rings. The fourth-order valence-electron chi connectivity index (χ4n) is 3.33. The summed E-state index contributed by atoms with van der Waals surface area (Å²) in [5.74, 6) is -2.50. The summed E-state index contributed by atoms with van der Waals surface area (Å²) in [6.45, 7) is 3.84. The Morgan fingerprint density at radius 2 is 1.92 bits per heavy atom. The van der Waals surface area contributed by atoms with Crippen LogP contribution in [0.2, 0.25) is 0 Å². The lowest BCUT2D eigenvalue weighted by atomic mass is 9.92. The predicted molar refractivity (Wildman–Crippen MR) is 88.5 cm³/mol. The fraction of sp³-hybridized carbons (Fsp3) is 0.800. The Bertz CT molecular complexity index is 471. The average molecular weight is 343 g/mol. The van der Waals surface area contributed by atoms with Gasteiger partial charge in [0.2, 0.25) is 11.8 Å². The number of nitrogens with one attached hydrogen (secondary N) is 2. The van der Waals surface area contributed by atoms with E-state index in [0.29, 0.717) is 13.0 Å².